The molecule has 0 spiro atoms. The summed E-state index contributed by atoms with van der Waals surface area (Å²) in [7, 11) is 5.34. The summed E-state index contributed by atoms with van der Waals surface area (Å²) in [6, 6.07) is 9.79. The third kappa shape index (κ3) is 2.91. The SMILES string of the molecule is COc1cc(Nc2cc(-c3ncc4cccc(C)c4n3)nn2C)nc2c1cnn2C. The van der Waals surface area contributed by atoms with E-state index in [0.29, 0.717) is 23.1 Å². The van der Waals surface area contributed by atoms with Gasteiger partial charge in [-0.3, -0.25) is 9.36 Å². The maximum absolute atomic E-state index is 5.50. The number of para-hydroxylation sites is 1. The van der Waals surface area contributed by atoms with Gasteiger partial charge in [-0.1, -0.05) is 18.2 Å². The van der Waals surface area contributed by atoms with E-state index < -0.39 is 0 Å². The lowest BCUT2D eigenvalue weighted by molar-refractivity contribution is 0.419. The minimum atomic E-state index is 0.577. The number of pyridine rings is 1. The predicted octanol–water partition coefficient (Wildman–Crippen LogP) is 3.37. The van der Waals surface area contributed by atoms with Crippen molar-refractivity contribution in [3.63, 3.8) is 0 Å². The lowest BCUT2D eigenvalue weighted by Gasteiger charge is -2.08. The van der Waals surface area contributed by atoms with E-state index in [1.165, 1.54) is 0 Å². The van der Waals surface area contributed by atoms with Gasteiger partial charge in [0.15, 0.2) is 11.5 Å². The molecule has 0 radical (unpaired) electrons. The van der Waals surface area contributed by atoms with Crippen LogP contribution >= 0.6 is 0 Å². The highest BCUT2D eigenvalue weighted by Crippen LogP contribution is 2.29. The zero-order valence-corrected chi connectivity index (χ0v) is 17.1. The summed E-state index contributed by atoms with van der Waals surface area (Å²) in [5.74, 6) is 2.67. The second-order valence-corrected chi connectivity index (χ2v) is 7.08. The Morgan fingerprint density at radius 3 is 2.73 bits per heavy atom. The Balaban J connectivity index is 1.53. The van der Waals surface area contributed by atoms with Gasteiger partial charge >= 0.3 is 0 Å². The zero-order chi connectivity index (χ0) is 20.8. The number of nitrogens with one attached hydrogen (secondary N) is 1. The summed E-state index contributed by atoms with van der Waals surface area (Å²) < 4.78 is 8.95. The summed E-state index contributed by atoms with van der Waals surface area (Å²) in [4.78, 5) is 13.9. The monoisotopic (exact) mass is 400 g/mol. The van der Waals surface area contributed by atoms with Crippen molar-refractivity contribution < 1.29 is 4.74 Å². The summed E-state index contributed by atoms with van der Waals surface area (Å²) in [5, 5.41) is 14.0. The minimum Gasteiger partial charge on any atom is -0.496 e. The number of rotatable bonds is 4. The molecule has 0 fully saturated rings. The molecule has 4 aromatic heterocycles. The number of ether oxygens (including phenoxy) is 1. The fraction of sp³-hybridized carbons (Fsp3) is 0.190. The molecule has 1 N–H and O–H groups in total. The molecule has 0 bridgehead atoms. The molecule has 30 heavy (non-hydrogen) atoms. The highest BCUT2D eigenvalue weighted by Gasteiger charge is 2.14. The first-order valence-electron chi connectivity index (χ1n) is 9.44. The molecule has 0 saturated carbocycles. The highest BCUT2D eigenvalue weighted by molar-refractivity contribution is 5.85. The van der Waals surface area contributed by atoms with Crippen LogP contribution in [-0.2, 0) is 14.1 Å². The van der Waals surface area contributed by atoms with Crippen molar-refractivity contribution in [3.05, 3.63) is 48.3 Å². The lowest BCUT2D eigenvalue weighted by Crippen LogP contribution is -2.02. The average Bonchev–Trinajstić information content (AvgIpc) is 3.30. The number of anilines is 2. The van der Waals surface area contributed by atoms with E-state index in [1.54, 1.807) is 22.7 Å². The number of benzene rings is 1. The minimum absolute atomic E-state index is 0.577. The molecule has 5 rings (SSSR count). The molecule has 0 aliphatic carbocycles. The van der Waals surface area contributed by atoms with Crippen LogP contribution in [0.15, 0.2) is 42.7 Å². The van der Waals surface area contributed by atoms with E-state index in [2.05, 4.69) is 25.5 Å². The van der Waals surface area contributed by atoms with Gasteiger partial charge in [0.25, 0.3) is 0 Å². The Bertz CT molecular complexity index is 1400. The van der Waals surface area contributed by atoms with Gasteiger partial charge in [0.2, 0.25) is 0 Å². The molecule has 0 atom stereocenters. The van der Waals surface area contributed by atoms with E-state index in [-0.39, 0.29) is 0 Å². The predicted molar refractivity (Wildman–Crippen MR) is 115 cm³/mol. The van der Waals surface area contributed by atoms with Crippen LogP contribution in [0.2, 0.25) is 0 Å². The van der Waals surface area contributed by atoms with Crippen LogP contribution in [0.25, 0.3) is 33.5 Å². The maximum atomic E-state index is 5.50. The van der Waals surface area contributed by atoms with Crippen molar-refractivity contribution in [2.45, 2.75) is 6.92 Å². The number of nitrogens with zero attached hydrogens (tertiary/aromatic N) is 7. The lowest BCUT2D eigenvalue weighted by atomic mass is 10.1. The van der Waals surface area contributed by atoms with Gasteiger partial charge < -0.3 is 10.1 Å². The molecule has 150 valence electrons. The molecule has 0 unspecified atom stereocenters. The van der Waals surface area contributed by atoms with Crippen LogP contribution in [0.5, 0.6) is 5.75 Å². The van der Waals surface area contributed by atoms with Gasteiger partial charge in [-0.15, -0.1) is 0 Å². The Labute approximate surface area is 172 Å². The van der Waals surface area contributed by atoms with Crippen LogP contribution in [0.4, 0.5) is 11.6 Å². The standard InChI is InChI=1S/C21H20N8O/c1-12-6-5-7-13-10-22-20(26-19(12)13)15-8-18(28(2)27-15)24-17-9-16(30-4)14-11-23-29(3)21(14)25-17/h5-11H,1-4H3,(H,24,25). The number of fused-ring (bicyclic) bond motifs is 2. The van der Waals surface area contributed by atoms with Crippen molar-refractivity contribution >= 4 is 33.6 Å². The number of aryl methyl sites for hydroxylation is 3. The molecule has 5 aromatic rings. The normalized spacial score (nSPS) is 11.3. The van der Waals surface area contributed by atoms with Crippen molar-refractivity contribution in [2.75, 3.05) is 12.4 Å². The van der Waals surface area contributed by atoms with Crippen LogP contribution in [-0.4, -0.2) is 41.6 Å². The van der Waals surface area contributed by atoms with E-state index in [4.69, 9.17) is 9.72 Å². The first-order chi connectivity index (χ1) is 14.5. The van der Waals surface area contributed by atoms with Crippen molar-refractivity contribution in [3.8, 4) is 17.3 Å². The van der Waals surface area contributed by atoms with Crippen molar-refractivity contribution in [2.24, 2.45) is 14.1 Å². The van der Waals surface area contributed by atoms with E-state index >= 15 is 0 Å². The number of hydrogen-bond acceptors (Lipinski definition) is 7. The van der Waals surface area contributed by atoms with Crippen molar-refractivity contribution in [1.29, 1.82) is 0 Å². The number of aromatic nitrogens is 7. The Kier molecular flexibility index (Phi) is 4.09. The molecule has 0 aliphatic rings. The first kappa shape index (κ1) is 18.0. The average molecular weight is 400 g/mol. The van der Waals surface area contributed by atoms with E-state index in [9.17, 15) is 0 Å². The summed E-state index contributed by atoms with van der Waals surface area (Å²) in [6.07, 6.45) is 3.57. The summed E-state index contributed by atoms with van der Waals surface area (Å²) in [6.45, 7) is 2.04. The molecule has 9 heteroatoms. The number of hydrogen-bond donors (Lipinski definition) is 1. The van der Waals surface area contributed by atoms with Crippen molar-refractivity contribution in [1.82, 2.24) is 34.5 Å². The summed E-state index contributed by atoms with van der Waals surface area (Å²) >= 11 is 0. The first-order valence-corrected chi connectivity index (χ1v) is 9.44. The molecular formula is C21H20N8O. The Morgan fingerprint density at radius 1 is 1.03 bits per heavy atom. The van der Waals surface area contributed by atoms with Crippen LogP contribution in [0.3, 0.4) is 0 Å². The maximum Gasteiger partial charge on any atom is 0.180 e. The molecular weight excluding hydrogens is 380 g/mol. The highest BCUT2D eigenvalue weighted by atomic mass is 16.5. The molecule has 1 aromatic carbocycles. The fourth-order valence-corrected chi connectivity index (χ4v) is 3.47. The third-order valence-corrected chi connectivity index (χ3v) is 5.06. The second-order valence-electron chi connectivity index (χ2n) is 7.08. The largest absolute Gasteiger partial charge is 0.496 e. The quantitative estimate of drug-likeness (QED) is 0.494. The second kappa shape index (κ2) is 6.80. The smallest absolute Gasteiger partial charge is 0.180 e. The zero-order valence-electron chi connectivity index (χ0n) is 17.1. The fourth-order valence-electron chi connectivity index (χ4n) is 3.47. The van der Waals surface area contributed by atoms with Crippen LogP contribution in [0, 0.1) is 6.92 Å². The molecule has 0 amide bonds. The molecule has 4 heterocycles. The third-order valence-electron chi connectivity index (χ3n) is 5.06. The topological polar surface area (TPSA) is 95.6 Å². The van der Waals surface area contributed by atoms with E-state index in [1.807, 2.05) is 57.5 Å². The van der Waals surface area contributed by atoms with Gasteiger partial charge in [-0.05, 0) is 12.5 Å². The number of methoxy groups -OCH3 is 1. The molecule has 9 nitrogen and oxygen atoms in total. The molecule has 0 saturated heterocycles. The van der Waals surface area contributed by atoms with Gasteiger partial charge in [0, 0.05) is 37.8 Å². The molecule has 0 aliphatic heterocycles. The Hall–Kier alpha value is -4.01. The summed E-state index contributed by atoms with van der Waals surface area (Å²) in [5.41, 5.74) is 3.44. The van der Waals surface area contributed by atoms with Gasteiger partial charge in [0.05, 0.1) is 24.2 Å². The Morgan fingerprint density at radius 2 is 1.90 bits per heavy atom. The van der Waals surface area contributed by atoms with Crippen LogP contribution < -0.4 is 10.1 Å². The van der Waals surface area contributed by atoms with Gasteiger partial charge in [-0.2, -0.15) is 10.2 Å². The van der Waals surface area contributed by atoms with Gasteiger partial charge in [0.1, 0.15) is 23.1 Å². The van der Waals surface area contributed by atoms with Gasteiger partial charge in [-0.25, -0.2) is 15.0 Å². The van der Waals surface area contributed by atoms with E-state index in [0.717, 1.165) is 33.3 Å². The van der Waals surface area contributed by atoms with Crippen LogP contribution in [0.1, 0.15) is 5.56 Å².